The van der Waals surface area contributed by atoms with Crippen LogP contribution in [-0.2, 0) is 4.74 Å². The topological polar surface area (TPSA) is 106 Å². The van der Waals surface area contributed by atoms with E-state index in [1.807, 2.05) is 13.0 Å². The standard InChI is InChI=1S/C24H33NO6/c1-5-6-7-8-9-10-14-18(3)22(27)21-19(26)16-20(31-23(21)28)17(2)13-11-12-15-25-24(29)30-4/h9-10,14-17,26H,5-8,11-13H2,1-4H3. The number of nitrogens with zero attached hydrogens (tertiary/aromatic N) is 1. The van der Waals surface area contributed by atoms with E-state index in [-0.39, 0.29) is 17.2 Å². The number of aromatic hydroxyl groups is 1. The molecule has 0 saturated carbocycles. The third kappa shape index (κ3) is 9.15. The lowest BCUT2D eigenvalue weighted by molar-refractivity contribution is 0.102. The van der Waals surface area contributed by atoms with Crippen LogP contribution in [0.4, 0.5) is 4.79 Å². The number of unbranched alkanes of at least 4 members (excludes halogenated alkanes) is 4. The summed E-state index contributed by atoms with van der Waals surface area (Å²) in [6, 6.07) is 1.33. The summed E-state index contributed by atoms with van der Waals surface area (Å²) < 4.78 is 9.73. The van der Waals surface area contributed by atoms with Crippen LogP contribution >= 0.6 is 0 Å². The molecule has 7 nitrogen and oxygen atoms in total. The van der Waals surface area contributed by atoms with Crippen molar-refractivity contribution >= 4 is 18.1 Å². The van der Waals surface area contributed by atoms with Gasteiger partial charge in [-0.05, 0) is 44.6 Å². The van der Waals surface area contributed by atoms with Gasteiger partial charge in [0.1, 0.15) is 17.1 Å². The smallest absolute Gasteiger partial charge is 0.432 e. The zero-order valence-corrected chi connectivity index (χ0v) is 18.8. The maximum absolute atomic E-state index is 12.6. The Bertz CT molecular complexity index is 879. The molecule has 1 amide bonds. The van der Waals surface area contributed by atoms with Gasteiger partial charge in [0, 0.05) is 18.2 Å². The molecule has 7 heteroatoms. The van der Waals surface area contributed by atoms with E-state index in [9.17, 15) is 19.5 Å². The molecule has 1 atom stereocenters. The molecular weight excluding hydrogens is 398 g/mol. The summed E-state index contributed by atoms with van der Waals surface area (Å²) in [5.41, 5.74) is -0.854. The van der Waals surface area contributed by atoms with Crippen molar-refractivity contribution in [1.82, 2.24) is 0 Å². The van der Waals surface area contributed by atoms with E-state index in [4.69, 9.17) is 4.42 Å². The van der Waals surface area contributed by atoms with Crippen LogP contribution in [0.15, 0.2) is 44.1 Å². The van der Waals surface area contributed by atoms with Crippen molar-refractivity contribution in [3.05, 3.63) is 51.6 Å². The fraction of sp³-hybridized carbons (Fsp3) is 0.500. The maximum atomic E-state index is 12.6. The second-order valence-corrected chi connectivity index (χ2v) is 7.41. The molecule has 1 heterocycles. The van der Waals surface area contributed by atoms with Gasteiger partial charge in [-0.3, -0.25) is 4.79 Å². The number of amides is 1. The predicted octanol–water partition coefficient (Wildman–Crippen LogP) is 5.72. The molecule has 0 bridgehead atoms. The Kier molecular flexibility index (Phi) is 11.9. The van der Waals surface area contributed by atoms with Crippen molar-refractivity contribution in [2.24, 2.45) is 4.99 Å². The molecule has 1 N–H and O–H groups in total. The third-order valence-electron chi connectivity index (χ3n) is 4.82. The number of rotatable bonds is 12. The summed E-state index contributed by atoms with van der Waals surface area (Å²) >= 11 is 0. The number of carbonyl (C=O) groups is 2. The molecule has 0 aliphatic heterocycles. The second kappa shape index (κ2) is 14.1. The van der Waals surface area contributed by atoms with Crippen molar-refractivity contribution in [2.75, 3.05) is 7.11 Å². The van der Waals surface area contributed by atoms with Gasteiger partial charge in [0.2, 0.25) is 0 Å². The minimum Gasteiger partial charge on any atom is -0.507 e. The number of hydrogen-bond acceptors (Lipinski definition) is 6. The van der Waals surface area contributed by atoms with Crippen molar-refractivity contribution < 1.29 is 23.8 Å². The Morgan fingerprint density at radius 1 is 1.26 bits per heavy atom. The first kappa shape index (κ1) is 26.1. The minimum absolute atomic E-state index is 0.156. The van der Waals surface area contributed by atoms with E-state index in [0.717, 1.165) is 25.7 Å². The molecule has 0 aliphatic carbocycles. The summed E-state index contributed by atoms with van der Waals surface area (Å²) in [4.78, 5) is 39.5. The predicted molar refractivity (Wildman–Crippen MR) is 121 cm³/mol. The number of allylic oxidation sites excluding steroid dienone is 4. The molecule has 0 fully saturated rings. The van der Waals surface area contributed by atoms with Gasteiger partial charge in [0.15, 0.2) is 5.78 Å². The summed E-state index contributed by atoms with van der Waals surface area (Å²) in [7, 11) is 1.26. The second-order valence-electron chi connectivity index (χ2n) is 7.41. The number of ether oxygens (including phenoxy) is 1. The van der Waals surface area contributed by atoms with Crippen LogP contribution in [0.3, 0.4) is 0 Å². The highest BCUT2D eigenvalue weighted by atomic mass is 16.5. The van der Waals surface area contributed by atoms with Crippen LogP contribution in [0.25, 0.3) is 0 Å². The average Bonchev–Trinajstić information content (AvgIpc) is 2.74. The summed E-state index contributed by atoms with van der Waals surface area (Å²) in [5, 5.41) is 10.3. The van der Waals surface area contributed by atoms with Crippen LogP contribution in [0.1, 0.15) is 87.8 Å². The van der Waals surface area contributed by atoms with E-state index < -0.39 is 17.5 Å². The fourth-order valence-electron chi connectivity index (χ4n) is 2.89. The van der Waals surface area contributed by atoms with E-state index in [0.29, 0.717) is 30.6 Å². The van der Waals surface area contributed by atoms with Crippen LogP contribution < -0.4 is 5.63 Å². The molecule has 1 aromatic heterocycles. The molecule has 31 heavy (non-hydrogen) atoms. The fourth-order valence-corrected chi connectivity index (χ4v) is 2.89. The van der Waals surface area contributed by atoms with Gasteiger partial charge < -0.3 is 14.3 Å². The summed E-state index contributed by atoms with van der Waals surface area (Å²) in [6.07, 6.45) is 12.5. The Balaban J connectivity index is 2.77. The molecule has 1 aromatic rings. The molecule has 1 rings (SSSR count). The minimum atomic E-state index is -0.848. The van der Waals surface area contributed by atoms with Gasteiger partial charge in [0.05, 0.1) is 7.11 Å². The van der Waals surface area contributed by atoms with Crippen molar-refractivity contribution in [3.63, 3.8) is 0 Å². The number of ketones is 1. The first-order chi connectivity index (χ1) is 14.8. The lowest BCUT2D eigenvalue weighted by Crippen LogP contribution is -2.16. The Hall–Kier alpha value is -2.96. The van der Waals surface area contributed by atoms with Gasteiger partial charge in [-0.1, -0.05) is 44.9 Å². The normalized spacial score (nSPS) is 13.1. The number of hydrogen-bond donors (Lipinski definition) is 1. The van der Waals surface area contributed by atoms with Gasteiger partial charge in [-0.2, -0.15) is 4.99 Å². The van der Waals surface area contributed by atoms with E-state index in [1.54, 1.807) is 19.1 Å². The highest BCUT2D eigenvalue weighted by molar-refractivity contribution is 6.09. The largest absolute Gasteiger partial charge is 0.507 e. The molecule has 0 radical (unpaired) electrons. The number of Topliss-reactive ketones (excluding diaryl/α,β-unsaturated/α-hetero) is 1. The number of aliphatic imine (C=N–C) groups is 1. The zero-order chi connectivity index (χ0) is 23.2. The molecule has 170 valence electrons. The van der Waals surface area contributed by atoms with Crippen molar-refractivity contribution in [3.8, 4) is 5.75 Å². The first-order valence-corrected chi connectivity index (χ1v) is 10.7. The highest BCUT2D eigenvalue weighted by Gasteiger charge is 2.21. The monoisotopic (exact) mass is 431 g/mol. The summed E-state index contributed by atoms with van der Waals surface area (Å²) in [5.74, 6) is -0.781. The first-order valence-electron chi connectivity index (χ1n) is 10.7. The van der Waals surface area contributed by atoms with Gasteiger partial charge in [0.25, 0.3) is 0 Å². The molecule has 0 aliphatic rings. The molecule has 1 unspecified atom stereocenters. The lowest BCUT2D eigenvalue weighted by atomic mass is 9.99. The van der Waals surface area contributed by atoms with E-state index in [1.165, 1.54) is 19.4 Å². The third-order valence-corrected chi connectivity index (χ3v) is 4.82. The quantitative estimate of drug-likeness (QED) is 0.149. The maximum Gasteiger partial charge on any atom is 0.432 e. The van der Waals surface area contributed by atoms with E-state index in [2.05, 4.69) is 16.7 Å². The Morgan fingerprint density at radius 2 is 2.00 bits per heavy atom. The molecule has 0 saturated heterocycles. The van der Waals surface area contributed by atoms with Gasteiger partial charge >= 0.3 is 11.7 Å². The van der Waals surface area contributed by atoms with Gasteiger partial charge in [-0.25, -0.2) is 9.59 Å². The molecule has 0 spiro atoms. The van der Waals surface area contributed by atoms with Gasteiger partial charge in [-0.15, -0.1) is 0 Å². The average molecular weight is 432 g/mol. The van der Waals surface area contributed by atoms with E-state index >= 15 is 0 Å². The number of methoxy groups -OCH3 is 1. The molecule has 0 aromatic carbocycles. The zero-order valence-electron chi connectivity index (χ0n) is 18.8. The van der Waals surface area contributed by atoms with Crippen LogP contribution in [0.5, 0.6) is 5.75 Å². The SMILES string of the molecule is CCCCCC=CC=C(C)C(=O)c1c(O)cc(C(C)CCCC=NC(=O)OC)oc1=O. The number of carbonyl (C=O) groups excluding carboxylic acids is 2. The van der Waals surface area contributed by atoms with Crippen molar-refractivity contribution in [1.29, 1.82) is 0 Å². The van der Waals surface area contributed by atoms with Crippen molar-refractivity contribution in [2.45, 2.75) is 71.6 Å². The summed E-state index contributed by atoms with van der Waals surface area (Å²) in [6.45, 7) is 5.59. The van der Waals surface area contributed by atoms with Crippen LogP contribution in [0.2, 0.25) is 0 Å². The highest BCUT2D eigenvalue weighted by Crippen LogP contribution is 2.26. The Labute approximate surface area is 183 Å². The lowest BCUT2D eigenvalue weighted by Gasteiger charge is -2.11. The van der Waals surface area contributed by atoms with Crippen LogP contribution in [0, 0.1) is 0 Å². The Morgan fingerprint density at radius 3 is 2.65 bits per heavy atom. The molecular formula is C24H33NO6. The van der Waals surface area contributed by atoms with Crippen LogP contribution in [-0.4, -0.2) is 30.3 Å².